The molecular weight excluding hydrogens is 365 g/mol. The molecule has 1 aliphatic rings. The van der Waals surface area contributed by atoms with Gasteiger partial charge in [-0.15, -0.1) is 5.10 Å². The van der Waals surface area contributed by atoms with Gasteiger partial charge in [-0.2, -0.15) is 0 Å². The molecule has 9 heteroatoms. The lowest BCUT2D eigenvalue weighted by atomic mass is 10.1. The Balaban J connectivity index is 1.57. The lowest BCUT2D eigenvalue weighted by molar-refractivity contribution is -0.119. The topological polar surface area (TPSA) is 88.8 Å². The molecule has 144 valence electrons. The maximum Gasteiger partial charge on any atom is 0.414 e. The fourth-order valence-corrected chi connectivity index (χ4v) is 3.18. The number of carbonyl (C=O) groups is 2. The van der Waals surface area contributed by atoms with Gasteiger partial charge in [-0.05, 0) is 31.2 Å². The third kappa shape index (κ3) is 3.26. The van der Waals surface area contributed by atoms with E-state index in [0.29, 0.717) is 16.8 Å². The zero-order chi connectivity index (χ0) is 19.8. The van der Waals surface area contributed by atoms with Crippen LogP contribution in [0.25, 0.3) is 16.6 Å². The van der Waals surface area contributed by atoms with E-state index < -0.39 is 18.0 Å². The van der Waals surface area contributed by atoms with Crippen LogP contribution >= 0.6 is 0 Å². The molecule has 28 heavy (non-hydrogen) atoms. The standard InChI is InChI=1S/C19H18FN5O3/c1-11-18-6-3-13(9-25(18)23-22-11)16-5-4-14(7-17(16)20)24-10-15(28-19(24)27)8-21-12(2)26/h3-7,9,15H,8,10H2,1-2H3,(H,21,26)/t15-/m0/s1. The molecule has 1 aliphatic heterocycles. The van der Waals surface area contributed by atoms with E-state index in [1.54, 1.807) is 28.9 Å². The molecule has 3 heterocycles. The van der Waals surface area contributed by atoms with Crippen LogP contribution in [0.4, 0.5) is 14.9 Å². The molecule has 0 saturated carbocycles. The average Bonchev–Trinajstić information content (AvgIpc) is 3.22. The van der Waals surface area contributed by atoms with Gasteiger partial charge in [0, 0.05) is 24.2 Å². The van der Waals surface area contributed by atoms with Crippen molar-refractivity contribution in [1.82, 2.24) is 20.1 Å². The van der Waals surface area contributed by atoms with Gasteiger partial charge in [-0.3, -0.25) is 9.69 Å². The van der Waals surface area contributed by atoms with E-state index in [-0.39, 0.29) is 19.0 Å². The Labute approximate surface area is 159 Å². The SMILES string of the molecule is CC(=O)NC[C@H]1CN(c2ccc(-c3ccc4c(C)nnn4c3)c(F)c2)C(=O)O1. The van der Waals surface area contributed by atoms with Gasteiger partial charge in [0.15, 0.2) is 0 Å². The molecule has 0 radical (unpaired) electrons. The van der Waals surface area contributed by atoms with E-state index in [1.807, 2.05) is 13.0 Å². The predicted molar refractivity (Wildman–Crippen MR) is 99.4 cm³/mol. The van der Waals surface area contributed by atoms with Gasteiger partial charge >= 0.3 is 6.09 Å². The van der Waals surface area contributed by atoms with Crippen LogP contribution < -0.4 is 10.2 Å². The molecule has 1 atom stereocenters. The molecular formula is C19H18FN5O3. The van der Waals surface area contributed by atoms with Gasteiger partial charge in [0.1, 0.15) is 11.9 Å². The highest BCUT2D eigenvalue weighted by molar-refractivity contribution is 5.90. The van der Waals surface area contributed by atoms with Crippen molar-refractivity contribution in [2.24, 2.45) is 0 Å². The molecule has 8 nitrogen and oxygen atoms in total. The van der Waals surface area contributed by atoms with E-state index in [1.165, 1.54) is 17.9 Å². The number of benzene rings is 1. The summed E-state index contributed by atoms with van der Waals surface area (Å²) in [6, 6.07) is 8.22. The second kappa shape index (κ2) is 6.91. The number of hydrogen-bond acceptors (Lipinski definition) is 5. The average molecular weight is 383 g/mol. The monoisotopic (exact) mass is 383 g/mol. The number of amides is 2. The number of carbonyl (C=O) groups excluding carboxylic acids is 2. The summed E-state index contributed by atoms with van der Waals surface area (Å²) >= 11 is 0. The summed E-state index contributed by atoms with van der Waals surface area (Å²) < 4.78 is 21.6. The first-order valence-electron chi connectivity index (χ1n) is 8.76. The highest BCUT2D eigenvalue weighted by atomic mass is 19.1. The van der Waals surface area contributed by atoms with E-state index in [9.17, 15) is 14.0 Å². The lowest BCUT2D eigenvalue weighted by Crippen LogP contribution is -2.33. The zero-order valence-corrected chi connectivity index (χ0v) is 15.3. The van der Waals surface area contributed by atoms with Crippen LogP contribution in [0, 0.1) is 12.7 Å². The maximum atomic E-state index is 14.8. The molecule has 3 aromatic rings. The summed E-state index contributed by atoms with van der Waals surface area (Å²) in [6.07, 6.45) is 0.667. The number of ether oxygens (including phenoxy) is 1. The van der Waals surface area contributed by atoms with Crippen molar-refractivity contribution in [3.63, 3.8) is 0 Å². The Morgan fingerprint density at radius 2 is 2.18 bits per heavy atom. The Morgan fingerprint density at radius 1 is 1.36 bits per heavy atom. The van der Waals surface area contributed by atoms with Gasteiger partial charge in [0.2, 0.25) is 5.91 Å². The highest BCUT2D eigenvalue weighted by Gasteiger charge is 2.32. The summed E-state index contributed by atoms with van der Waals surface area (Å²) in [5, 5.41) is 10.6. The van der Waals surface area contributed by atoms with Crippen molar-refractivity contribution in [3.8, 4) is 11.1 Å². The highest BCUT2D eigenvalue weighted by Crippen LogP contribution is 2.29. The summed E-state index contributed by atoms with van der Waals surface area (Å²) in [7, 11) is 0. The normalized spacial score (nSPS) is 16.5. The first kappa shape index (κ1) is 17.9. The largest absolute Gasteiger partial charge is 0.442 e. The van der Waals surface area contributed by atoms with Crippen LogP contribution in [-0.4, -0.2) is 46.0 Å². The van der Waals surface area contributed by atoms with E-state index in [2.05, 4.69) is 15.6 Å². The lowest BCUT2D eigenvalue weighted by Gasteiger charge is -2.14. The number of anilines is 1. The Kier molecular flexibility index (Phi) is 4.42. The molecule has 0 bridgehead atoms. The van der Waals surface area contributed by atoms with Crippen molar-refractivity contribution < 1.29 is 18.7 Å². The van der Waals surface area contributed by atoms with Crippen molar-refractivity contribution in [2.75, 3.05) is 18.0 Å². The smallest absolute Gasteiger partial charge is 0.414 e. The minimum Gasteiger partial charge on any atom is -0.442 e. The van der Waals surface area contributed by atoms with Crippen LogP contribution in [0.2, 0.25) is 0 Å². The first-order chi connectivity index (χ1) is 13.4. The Morgan fingerprint density at radius 3 is 2.93 bits per heavy atom. The first-order valence-corrected chi connectivity index (χ1v) is 8.76. The molecule has 2 aromatic heterocycles. The number of cyclic esters (lactones) is 1. The summed E-state index contributed by atoms with van der Waals surface area (Å²) in [4.78, 5) is 24.5. The number of hydrogen-bond donors (Lipinski definition) is 1. The van der Waals surface area contributed by atoms with Gasteiger partial charge in [0.25, 0.3) is 0 Å². The number of nitrogens with one attached hydrogen (secondary N) is 1. The van der Waals surface area contributed by atoms with E-state index >= 15 is 0 Å². The van der Waals surface area contributed by atoms with E-state index in [4.69, 9.17) is 4.74 Å². The van der Waals surface area contributed by atoms with Gasteiger partial charge in [0.05, 0.1) is 30.0 Å². The quantitative estimate of drug-likeness (QED) is 0.747. The van der Waals surface area contributed by atoms with E-state index in [0.717, 1.165) is 11.2 Å². The molecule has 4 rings (SSSR count). The second-order valence-electron chi connectivity index (χ2n) is 6.64. The van der Waals surface area contributed by atoms with Crippen molar-refractivity contribution in [1.29, 1.82) is 0 Å². The fraction of sp³-hybridized carbons (Fsp3) is 0.263. The van der Waals surface area contributed by atoms with Gasteiger partial charge < -0.3 is 10.1 Å². The number of aromatic nitrogens is 3. The summed E-state index contributed by atoms with van der Waals surface area (Å²) in [6.45, 7) is 3.70. The number of fused-ring (bicyclic) bond motifs is 1. The third-order valence-corrected chi connectivity index (χ3v) is 4.62. The number of pyridine rings is 1. The molecule has 0 aliphatic carbocycles. The maximum absolute atomic E-state index is 14.8. The predicted octanol–water partition coefficient (Wildman–Crippen LogP) is 2.31. The minimum absolute atomic E-state index is 0.204. The van der Waals surface area contributed by atoms with Crippen molar-refractivity contribution in [2.45, 2.75) is 20.0 Å². The number of nitrogens with zero attached hydrogens (tertiary/aromatic N) is 4. The molecule has 1 N–H and O–H groups in total. The Hall–Kier alpha value is -3.49. The van der Waals surface area contributed by atoms with Crippen LogP contribution in [0.5, 0.6) is 0 Å². The summed E-state index contributed by atoms with van der Waals surface area (Å²) in [5.41, 5.74) is 3.08. The van der Waals surface area contributed by atoms with Crippen molar-refractivity contribution in [3.05, 3.63) is 48.0 Å². The molecule has 2 amide bonds. The summed E-state index contributed by atoms with van der Waals surface area (Å²) in [5.74, 6) is -0.670. The Bertz CT molecular complexity index is 1080. The fourth-order valence-electron chi connectivity index (χ4n) is 3.18. The molecule has 0 spiro atoms. The second-order valence-corrected chi connectivity index (χ2v) is 6.64. The molecule has 1 fully saturated rings. The van der Waals surface area contributed by atoms with Gasteiger partial charge in [-0.25, -0.2) is 13.7 Å². The number of aryl methyl sites for hydroxylation is 1. The van der Waals surface area contributed by atoms with Gasteiger partial charge in [-0.1, -0.05) is 11.3 Å². The minimum atomic E-state index is -0.568. The molecule has 0 unspecified atom stereocenters. The van der Waals surface area contributed by atoms with Crippen LogP contribution in [0.1, 0.15) is 12.6 Å². The number of halogens is 1. The zero-order valence-electron chi connectivity index (χ0n) is 15.3. The van der Waals surface area contributed by atoms with Crippen LogP contribution in [0.3, 0.4) is 0 Å². The van der Waals surface area contributed by atoms with Crippen molar-refractivity contribution >= 4 is 23.2 Å². The molecule has 1 saturated heterocycles. The molecule has 1 aromatic carbocycles. The van der Waals surface area contributed by atoms with Crippen LogP contribution in [0.15, 0.2) is 36.5 Å². The van der Waals surface area contributed by atoms with Crippen LogP contribution in [-0.2, 0) is 9.53 Å². The third-order valence-electron chi connectivity index (χ3n) is 4.62. The number of rotatable bonds is 4.